The summed E-state index contributed by atoms with van der Waals surface area (Å²) in [6.07, 6.45) is -3.30. The molecule has 0 unspecified atom stereocenters. The van der Waals surface area contributed by atoms with Gasteiger partial charge in [-0.05, 0) is 43.2 Å². The van der Waals surface area contributed by atoms with Crippen molar-refractivity contribution in [2.45, 2.75) is 19.0 Å². The van der Waals surface area contributed by atoms with Crippen LogP contribution in [0.25, 0.3) is 5.82 Å². The number of halogens is 3. The van der Waals surface area contributed by atoms with E-state index in [4.69, 9.17) is 9.47 Å². The molecule has 1 saturated heterocycles. The highest BCUT2D eigenvalue weighted by Gasteiger charge is 2.42. The number of hydrogen-bond donors (Lipinski definition) is 0. The van der Waals surface area contributed by atoms with Crippen LogP contribution in [0.5, 0.6) is 11.6 Å². The molecule has 0 bridgehead atoms. The molecule has 4 rings (SSSR count). The summed E-state index contributed by atoms with van der Waals surface area (Å²) in [5.41, 5.74) is -1.30. The number of carbonyl (C=O) groups is 2. The zero-order chi connectivity index (χ0) is 25.2. The van der Waals surface area contributed by atoms with Gasteiger partial charge in [-0.25, -0.2) is 4.68 Å². The highest BCUT2D eigenvalue weighted by atomic mass is 19.4. The molecule has 12 heteroatoms. The Labute approximate surface area is 198 Å². The van der Waals surface area contributed by atoms with Crippen LogP contribution in [-0.2, 0) is 6.18 Å². The topological polar surface area (TPSA) is 99.4 Å². The van der Waals surface area contributed by atoms with Crippen molar-refractivity contribution >= 4 is 11.7 Å². The number of methoxy groups -OCH3 is 2. The summed E-state index contributed by atoms with van der Waals surface area (Å²) in [5.74, 6) is -0.656. The molecule has 0 spiro atoms. The Bertz CT molecular complexity index is 1200. The molecule has 1 aliphatic heterocycles. The monoisotopic (exact) mass is 489 g/mol. The number of piperidine rings is 1. The predicted molar refractivity (Wildman–Crippen MR) is 117 cm³/mol. The van der Waals surface area contributed by atoms with Crippen molar-refractivity contribution in [3.8, 4) is 17.4 Å². The molecule has 0 saturated carbocycles. The number of ether oxygens (including phenoxy) is 2. The van der Waals surface area contributed by atoms with Gasteiger partial charge in [-0.3, -0.25) is 9.59 Å². The quantitative estimate of drug-likeness (QED) is 0.489. The van der Waals surface area contributed by atoms with Crippen molar-refractivity contribution < 1.29 is 32.2 Å². The number of benzene rings is 1. The van der Waals surface area contributed by atoms with Gasteiger partial charge in [0.15, 0.2) is 17.3 Å². The average Bonchev–Trinajstić information content (AvgIpc) is 3.34. The summed E-state index contributed by atoms with van der Waals surface area (Å²) in [7, 11) is 2.88. The molecule has 1 aromatic carbocycles. The van der Waals surface area contributed by atoms with Crippen LogP contribution in [0.15, 0.2) is 42.6 Å². The number of Topliss-reactive ketones (excluding diaryl/α,β-unsaturated/α-hetero) is 1. The zero-order valence-corrected chi connectivity index (χ0v) is 19.0. The van der Waals surface area contributed by atoms with Gasteiger partial charge >= 0.3 is 6.18 Å². The van der Waals surface area contributed by atoms with E-state index in [0.717, 1.165) is 6.20 Å². The van der Waals surface area contributed by atoms with Crippen LogP contribution >= 0.6 is 0 Å². The predicted octanol–water partition coefficient (Wildman–Crippen LogP) is 3.43. The van der Waals surface area contributed by atoms with E-state index in [1.165, 1.54) is 31.3 Å². The fraction of sp³-hybridized carbons (Fsp3) is 0.348. The lowest BCUT2D eigenvalue weighted by Gasteiger charge is -2.31. The van der Waals surface area contributed by atoms with Crippen LogP contribution in [0.1, 0.15) is 39.3 Å². The molecule has 184 valence electrons. The number of hydrogen-bond acceptors (Lipinski definition) is 7. The van der Waals surface area contributed by atoms with E-state index in [-0.39, 0.29) is 36.5 Å². The summed E-state index contributed by atoms with van der Waals surface area (Å²) in [5, 5.41) is 11.1. The normalized spacial score (nSPS) is 14.6. The lowest BCUT2D eigenvalue weighted by Crippen LogP contribution is -2.41. The van der Waals surface area contributed by atoms with Crippen molar-refractivity contribution in [1.29, 1.82) is 0 Å². The maximum atomic E-state index is 14.0. The molecule has 0 atom stereocenters. The number of ketones is 1. The molecule has 2 aromatic heterocycles. The van der Waals surface area contributed by atoms with Gasteiger partial charge in [0.1, 0.15) is 5.75 Å². The molecule has 3 aromatic rings. The van der Waals surface area contributed by atoms with Gasteiger partial charge in [-0.1, -0.05) is 0 Å². The molecular weight excluding hydrogens is 467 g/mol. The third-order valence-electron chi connectivity index (χ3n) is 5.85. The van der Waals surface area contributed by atoms with E-state index >= 15 is 0 Å². The van der Waals surface area contributed by atoms with Crippen molar-refractivity contribution in [2.75, 3.05) is 27.3 Å². The molecule has 35 heavy (non-hydrogen) atoms. The van der Waals surface area contributed by atoms with Crippen molar-refractivity contribution in [3.63, 3.8) is 0 Å². The van der Waals surface area contributed by atoms with Gasteiger partial charge in [0, 0.05) is 30.6 Å². The number of aromatic nitrogens is 4. The van der Waals surface area contributed by atoms with E-state index in [2.05, 4.69) is 15.3 Å². The molecular formula is C23H22F3N5O4. The average molecular weight is 489 g/mol. The number of likely N-dealkylation sites (tertiary alicyclic amines) is 1. The van der Waals surface area contributed by atoms with E-state index in [0.29, 0.717) is 28.8 Å². The SMILES string of the molecule is COc1ccc(C(=O)C2CCN(C(=O)c3cnn(-c4ccc(OC)nn4)c3C(F)(F)F)CC2)cc1. The number of nitrogens with zero attached hydrogens (tertiary/aromatic N) is 5. The Morgan fingerprint density at radius 1 is 0.971 bits per heavy atom. The first-order chi connectivity index (χ1) is 16.7. The minimum Gasteiger partial charge on any atom is -0.497 e. The van der Waals surface area contributed by atoms with Gasteiger partial charge in [0.25, 0.3) is 5.91 Å². The van der Waals surface area contributed by atoms with Crippen LogP contribution in [0.2, 0.25) is 0 Å². The number of carbonyl (C=O) groups excluding carboxylic acids is 2. The van der Waals surface area contributed by atoms with Gasteiger partial charge in [-0.15, -0.1) is 10.2 Å². The van der Waals surface area contributed by atoms with Crippen LogP contribution in [0.4, 0.5) is 13.2 Å². The molecule has 3 heterocycles. The van der Waals surface area contributed by atoms with E-state index in [1.807, 2.05) is 0 Å². The molecule has 1 amide bonds. The Hall–Kier alpha value is -3.96. The van der Waals surface area contributed by atoms with Crippen LogP contribution < -0.4 is 9.47 Å². The summed E-state index contributed by atoms with van der Waals surface area (Å²) in [4.78, 5) is 27.2. The zero-order valence-electron chi connectivity index (χ0n) is 19.0. The van der Waals surface area contributed by atoms with Crippen molar-refractivity contribution in [3.05, 3.63) is 59.4 Å². The first kappa shape index (κ1) is 24.2. The fourth-order valence-corrected chi connectivity index (χ4v) is 3.99. The van der Waals surface area contributed by atoms with E-state index in [1.54, 1.807) is 24.3 Å². The first-order valence-corrected chi connectivity index (χ1v) is 10.7. The molecule has 0 N–H and O–H groups in total. The third kappa shape index (κ3) is 4.96. The van der Waals surface area contributed by atoms with Gasteiger partial charge in [0.05, 0.1) is 26.0 Å². The highest BCUT2D eigenvalue weighted by molar-refractivity contribution is 5.99. The minimum absolute atomic E-state index is 0.0679. The summed E-state index contributed by atoms with van der Waals surface area (Å²) in [6.45, 7) is 0.298. The summed E-state index contributed by atoms with van der Waals surface area (Å²) < 4.78 is 52.4. The van der Waals surface area contributed by atoms with E-state index in [9.17, 15) is 22.8 Å². The second-order valence-corrected chi connectivity index (χ2v) is 7.91. The lowest BCUT2D eigenvalue weighted by molar-refractivity contribution is -0.143. The smallest absolute Gasteiger partial charge is 0.434 e. The Morgan fingerprint density at radius 2 is 1.66 bits per heavy atom. The molecule has 9 nitrogen and oxygen atoms in total. The first-order valence-electron chi connectivity index (χ1n) is 10.7. The molecule has 0 aliphatic carbocycles. The third-order valence-corrected chi connectivity index (χ3v) is 5.85. The van der Waals surface area contributed by atoms with Gasteiger partial charge in [-0.2, -0.15) is 18.3 Å². The maximum absolute atomic E-state index is 14.0. The molecule has 1 fully saturated rings. The molecule has 1 aliphatic rings. The van der Waals surface area contributed by atoms with Crippen LogP contribution in [0, 0.1) is 5.92 Å². The second-order valence-electron chi connectivity index (χ2n) is 7.91. The largest absolute Gasteiger partial charge is 0.497 e. The Morgan fingerprint density at radius 3 is 2.20 bits per heavy atom. The Balaban J connectivity index is 1.50. The van der Waals surface area contributed by atoms with Crippen molar-refractivity contribution in [1.82, 2.24) is 24.9 Å². The second kappa shape index (κ2) is 9.72. The number of alkyl halides is 3. The maximum Gasteiger partial charge on any atom is 0.434 e. The highest BCUT2D eigenvalue weighted by Crippen LogP contribution is 2.34. The lowest BCUT2D eigenvalue weighted by atomic mass is 9.88. The van der Waals surface area contributed by atoms with Crippen LogP contribution in [0.3, 0.4) is 0 Å². The molecule has 0 radical (unpaired) electrons. The van der Waals surface area contributed by atoms with Gasteiger partial charge in [0.2, 0.25) is 5.88 Å². The standard InChI is InChI=1S/C23H22F3N5O4/c1-34-16-5-3-14(4-6-16)20(32)15-9-11-30(12-10-15)22(33)17-13-27-31(21(17)23(24,25)26)18-7-8-19(35-2)29-28-18/h3-8,13,15H,9-12H2,1-2H3. The van der Waals surface area contributed by atoms with Crippen molar-refractivity contribution in [2.24, 2.45) is 5.92 Å². The van der Waals surface area contributed by atoms with Crippen LogP contribution in [-0.4, -0.2) is 63.9 Å². The minimum atomic E-state index is -4.87. The van der Waals surface area contributed by atoms with E-state index < -0.39 is 23.3 Å². The Kier molecular flexibility index (Phi) is 6.72. The fourth-order valence-electron chi connectivity index (χ4n) is 3.99. The van der Waals surface area contributed by atoms with Gasteiger partial charge < -0.3 is 14.4 Å². The number of rotatable bonds is 6. The summed E-state index contributed by atoms with van der Waals surface area (Å²) >= 11 is 0. The number of amides is 1. The summed E-state index contributed by atoms with van der Waals surface area (Å²) in [6, 6.07) is 9.33.